The highest BCUT2D eigenvalue weighted by molar-refractivity contribution is 14.1. The lowest BCUT2D eigenvalue weighted by molar-refractivity contribution is 0.661. The van der Waals surface area contributed by atoms with E-state index in [0.29, 0.717) is 0 Å². The van der Waals surface area contributed by atoms with Crippen LogP contribution in [-0.2, 0) is 0 Å². The molecule has 1 aliphatic carbocycles. The van der Waals surface area contributed by atoms with Crippen molar-refractivity contribution < 1.29 is 0 Å². The molecule has 0 aromatic heterocycles. The molecule has 0 bridgehead atoms. The van der Waals surface area contributed by atoms with Gasteiger partial charge in [0.15, 0.2) is 0 Å². The van der Waals surface area contributed by atoms with Gasteiger partial charge in [0.05, 0.1) is 0 Å². The smallest absolute Gasteiger partial charge is 0.0119 e. The Morgan fingerprint density at radius 2 is 2.10 bits per heavy atom. The Hall–Kier alpha value is 0.210. The first-order valence-electron chi connectivity index (χ1n) is 3.64. The van der Waals surface area contributed by atoms with E-state index in [4.69, 9.17) is 0 Å². The van der Waals surface area contributed by atoms with E-state index in [9.17, 15) is 0 Å². The molecule has 0 nitrogen and oxygen atoms in total. The summed E-state index contributed by atoms with van der Waals surface area (Å²) in [6.45, 7) is 6.73. The Morgan fingerprint density at radius 1 is 1.50 bits per heavy atom. The zero-order valence-corrected chi connectivity index (χ0v) is 8.90. The molecule has 0 aromatic rings. The minimum atomic E-state index is 0.763. The van der Waals surface area contributed by atoms with Crippen molar-refractivity contribution in [2.24, 2.45) is 5.92 Å². The second kappa shape index (κ2) is 3.07. The van der Waals surface area contributed by atoms with Crippen molar-refractivity contribution in [3.63, 3.8) is 0 Å². The fourth-order valence-corrected chi connectivity index (χ4v) is 1.89. The molecule has 0 spiro atoms. The fraction of sp³-hybridized carbons (Fsp3) is 0.556. The number of allylic oxidation sites excluding steroid dienone is 4. The lowest BCUT2D eigenvalue weighted by atomic mass is 9.90. The van der Waals surface area contributed by atoms with Crippen molar-refractivity contribution in [2.45, 2.75) is 27.2 Å². The van der Waals surface area contributed by atoms with E-state index in [1.807, 2.05) is 0 Å². The number of rotatable bonds is 0. The summed E-state index contributed by atoms with van der Waals surface area (Å²) >= 11 is 2.41. The van der Waals surface area contributed by atoms with Gasteiger partial charge in [-0.15, -0.1) is 0 Å². The maximum Gasteiger partial charge on any atom is 0.0119 e. The second-order valence-corrected chi connectivity index (χ2v) is 4.28. The van der Waals surface area contributed by atoms with E-state index in [0.717, 1.165) is 5.92 Å². The molecular weight excluding hydrogens is 235 g/mol. The van der Waals surface area contributed by atoms with Gasteiger partial charge in [0.25, 0.3) is 0 Å². The molecule has 1 rings (SSSR count). The average molecular weight is 248 g/mol. The van der Waals surface area contributed by atoms with Crippen LogP contribution >= 0.6 is 22.6 Å². The predicted molar refractivity (Wildman–Crippen MR) is 54.3 cm³/mol. The van der Waals surface area contributed by atoms with Gasteiger partial charge in [-0.1, -0.05) is 18.1 Å². The van der Waals surface area contributed by atoms with Gasteiger partial charge in [0, 0.05) is 3.58 Å². The molecule has 0 N–H and O–H groups in total. The molecule has 1 unspecified atom stereocenters. The third kappa shape index (κ3) is 1.62. The highest BCUT2D eigenvalue weighted by Crippen LogP contribution is 2.31. The molecular formula is C9H13I. The molecule has 0 aromatic carbocycles. The quantitative estimate of drug-likeness (QED) is 0.573. The van der Waals surface area contributed by atoms with E-state index in [1.54, 1.807) is 5.57 Å². The molecule has 0 aliphatic heterocycles. The van der Waals surface area contributed by atoms with Crippen LogP contribution in [0.3, 0.4) is 0 Å². The summed E-state index contributed by atoms with van der Waals surface area (Å²) in [5, 5.41) is 0. The van der Waals surface area contributed by atoms with Crippen LogP contribution in [0.4, 0.5) is 0 Å². The van der Waals surface area contributed by atoms with Gasteiger partial charge in [-0.25, -0.2) is 0 Å². The van der Waals surface area contributed by atoms with Crippen molar-refractivity contribution in [2.75, 3.05) is 0 Å². The lowest BCUT2D eigenvalue weighted by Crippen LogP contribution is -2.02. The molecule has 56 valence electrons. The van der Waals surface area contributed by atoms with Crippen LogP contribution < -0.4 is 0 Å². The zero-order chi connectivity index (χ0) is 7.72. The van der Waals surface area contributed by atoms with Crippen LogP contribution in [-0.4, -0.2) is 0 Å². The van der Waals surface area contributed by atoms with Crippen molar-refractivity contribution in [3.05, 3.63) is 20.8 Å². The first kappa shape index (κ1) is 8.31. The molecule has 0 radical (unpaired) electrons. The van der Waals surface area contributed by atoms with Gasteiger partial charge >= 0.3 is 0 Å². The van der Waals surface area contributed by atoms with Crippen LogP contribution in [0, 0.1) is 5.92 Å². The predicted octanol–water partition coefficient (Wildman–Crippen LogP) is 3.68. The number of halogens is 1. The maximum absolute atomic E-state index is 2.41. The standard InChI is InChI=1S/C9H13I/c1-6-4-8(3)9(10)5-7(6)2/h5-6H,4H2,1-3H3. The molecule has 0 saturated carbocycles. The lowest BCUT2D eigenvalue weighted by Gasteiger charge is -2.18. The zero-order valence-electron chi connectivity index (χ0n) is 6.74. The Labute approximate surface area is 76.5 Å². The highest BCUT2D eigenvalue weighted by Gasteiger charge is 2.11. The van der Waals surface area contributed by atoms with E-state index in [1.165, 1.54) is 15.6 Å². The molecule has 1 aliphatic rings. The van der Waals surface area contributed by atoms with Crippen molar-refractivity contribution >= 4 is 22.6 Å². The normalized spacial score (nSPS) is 26.8. The summed E-state index contributed by atoms with van der Waals surface area (Å²) in [7, 11) is 0. The van der Waals surface area contributed by atoms with Crippen molar-refractivity contribution in [1.82, 2.24) is 0 Å². The summed E-state index contributed by atoms with van der Waals surface area (Å²) in [6.07, 6.45) is 3.55. The van der Waals surface area contributed by atoms with E-state index in [2.05, 4.69) is 49.4 Å². The summed E-state index contributed by atoms with van der Waals surface area (Å²) in [6, 6.07) is 0. The van der Waals surface area contributed by atoms with E-state index in [-0.39, 0.29) is 0 Å². The molecule has 0 saturated heterocycles. The topological polar surface area (TPSA) is 0 Å². The molecule has 0 heterocycles. The Bertz CT molecular complexity index is 199. The number of hydrogen-bond donors (Lipinski definition) is 0. The Kier molecular flexibility index (Phi) is 2.55. The van der Waals surface area contributed by atoms with E-state index >= 15 is 0 Å². The average Bonchev–Trinajstić information content (AvgIpc) is 1.84. The third-order valence-corrected chi connectivity index (χ3v) is 3.38. The minimum absolute atomic E-state index is 0.763. The maximum atomic E-state index is 2.41. The SMILES string of the molecule is CC1=CC(I)=C(C)CC1C. The first-order chi connectivity index (χ1) is 4.61. The third-order valence-electron chi connectivity index (χ3n) is 2.15. The largest absolute Gasteiger partial charge is 0.0691 e. The van der Waals surface area contributed by atoms with Crippen LogP contribution in [0.5, 0.6) is 0 Å². The summed E-state index contributed by atoms with van der Waals surface area (Å²) < 4.78 is 1.44. The summed E-state index contributed by atoms with van der Waals surface area (Å²) in [5.41, 5.74) is 3.06. The monoisotopic (exact) mass is 248 g/mol. The van der Waals surface area contributed by atoms with Crippen LogP contribution in [0.15, 0.2) is 20.8 Å². The Morgan fingerprint density at radius 3 is 2.60 bits per heavy atom. The summed E-state index contributed by atoms with van der Waals surface area (Å²) in [5.74, 6) is 0.763. The van der Waals surface area contributed by atoms with Crippen molar-refractivity contribution in [1.29, 1.82) is 0 Å². The molecule has 1 heteroatoms. The number of hydrogen-bond acceptors (Lipinski definition) is 0. The van der Waals surface area contributed by atoms with Gasteiger partial charge in [-0.05, 0) is 54.9 Å². The van der Waals surface area contributed by atoms with Gasteiger partial charge in [0.2, 0.25) is 0 Å². The van der Waals surface area contributed by atoms with E-state index < -0.39 is 0 Å². The van der Waals surface area contributed by atoms with Gasteiger partial charge < -0.3 is 0 Å². The first-order valence-corrected chi connectivity index (χ1v) is 4.72. The fourth-order valence-electron chi connectivity index (χ4n) is 1.18. The van der Waals surface area contributed by atoms with Crippen LogP contribution in [0.1, 0.15) is 27.2 Å². The van der Waals surface area contributed by atoms with Gasteiger partial charge in [-0.2, -0.15) is 0 Å². The van der Waals surface area contributed by atoms with Gasteiger partial charge in [0.1, 0.15) is 0 Å². The molecule has 0 amide bonds. The second-order valence-electron chi connectivity index (χ2n) is 3.12. The minimum Gasteiger partial charge on any atom is -0.0691 e. The van der Waals surface area contributed by atoms with Crippen LogP contribution in [0.25, 0.3) is 0 Å². The Balaban J connectivity index is 2.88. The highest BCUT2D eigenvalue weighted by atomic mass is 127. The van der Waals surface area contributed by atoms with Crippen molar-refractivity contribution in [3.8, 4) is 0 Å². The van der Waals surface area contributed by atoms with Gasteiger partial charge in [-0.3, -0.25) is 0 Å². The molecule has 0 fully saturated rings. The van der Waals surface area contributed by atoms with Crippen LogP contribution in [0.2, 0.25) is 0 Å². The summed E-state index contributed by atoms with van der Waals surface area (Å²) in [4.78, 5) is 0. The molecule has 1 atom stereocenters. The molecule has 10 heavy (non-hydrogen) atoms.